The van der Waals surface area contributed by atoms with E-state index in [-0.39, 0.29) is 85.0 Å². The Hall–Kier alpha value is -4.80. The average molecular weight is 1240 g/mol. The van der Waals surface area contributed by atoms with Crippen LogP contribution in [0.3, 0.4) is 0 Å². The molecule has 0 radical (unpaired) electrons. The molecule has 3 aromatic heterocycles. The van der Waals surface area contributed by atoms with E-state index in [1.165, 1.54) is 49.6 Å². The summed E-state index contributed by atoms with van der Waals surface area (Å²) in [6.07, 6.45) is 8.91. The van der Waals surface area contributed by atoms with Crippen molar-refractivity contribution >= 4 is 93.2 Å². The molecule has 432 valence electrons. The van der Waals surface area contributed by atoms with Crippen molar-refractivity contribution in [1.29, 1.82) is 0 Å². The largest absolute Gasteiger partial charge is 1.00 e. The van der Waals surface area contributed by atoms with E-state index in [9.17, 15) is 27.9 Å². The van der Waals surface area contributed by atoms with E-state index >= 15 is 0 Å². The zero-order valence-corrected chi connectivity index (χ0v) is 51.7. The van der Waals surface area contributed by atoms with Gasteiger partial charge in [-0.3, -0.25) is 0 Å². The van der Waals surface area contributed by atoms with Gasteiger partial charge in [-0.1, -0.05) is 71.9 Å². The number of aliphatic carboxylic acids is 1. The smallest absolute Gasteiger partial charge is 0.548 e. The molecule has 3 aromatic carbocycles. The monoisotopic (exact) mass is 1240 g/mol. The summed E-state index contributed by atoms with van der Waals surface area (Å²) in [6, 6.07) is 17.3. The standard InChI is InChI=1S/C24H30ClFN4O3.C23H28ClFN4O3.C10H4Cl3FN2.Na/c1-3-13-33-17-8-11-29(12-9-17)21-15-22(30-10-4-5-20(30)24(31)32-2)28-23(27-21)16-6-7-18(25)19(26)14-16;1-2-12-32-16-7-10-28(11-8-16)20-14-21(29-9-3-4-19(29)23(30)31)27-22(26-20)15-5-6-17(24)18(25)13-15;11-6-2-1-5(3-7(6)14)10-15-8(12)4-9(13)16-10;/h6-7,14-15,17,20H,3-5,8-13H2,1-2H3;5-6,13-14,16,19H,2-4,7-12H2,1H3,(H,30,31);1-4H;/q;;;+1/p-1/t20-;19-;;/m11../s1. The van der Waals surface area contributed by atoms with Gasteiger partial charge >= 0.3 is 35.5 Å². The minimum Gasteiger partial charge on any atom is -0.548 e. The Bertz CT molecular complexity index is 3130. The fraction of sp³-hybridized carbons (Fsp3) is 0.439. The first kappa shape index (κ1) is 64.8. The Kier molecular flexibility index (Phi) is 24.4. The van der Waals surface area contributed by atoms with Gasteiger partial charge in [-0.15, -0.1) is 0 Å². The molecule has 16 nitrogen and oxygen atoms in total. The zero-order chi connectivity index (χ0) is 57.7. The van der Waals surface area contributed by atoms with Crippen LogP contribution in [0.2, 0.25) is 25.4 Å². The van der Waals surface area contributed by atoms with Crippen LogP contribution < -0.4 is 54.3 Å². The topological polar surface area (TPSA) is 175 Å². The molecule has 0 amide bonds. The van der Waals surface area contributed by atoms with Crippen molar-refractivity contribution in [2.24, 2.45) is 0 Å². The third-order valence-electron chi connectivity index (χ3n) is 14.1. The predicted octanol–water partition coefficient (Wildman–Crippen LogP) is 8.77. The first-order chi connectivity index (χ1) is 39.0. The van der Waals surface area contributed by atoms with Crippen LogP contribution in [0, 0.1) is 17.5 Å². The van der Waals surface area contributed by atoms with Crippen molar-refractivity contribution in [2.75, 3.05) is 79.2 Å². The van der Waals surface area contributed by atoms with Gasteiger partial charge in [-0.05, 0) is 119 Å². The predicted molar refractivity (Wildman–Crippen MR) is 308 cm³/mol. The number of hydrogen-bond acceptors (Lipinski definition) is 16. The van der Waals surface area contributed by atoms with Gasteiger partial charge in [0, 0.05) is 87.4 Å². The maximum Gasteiger partial charge on any atom is 1.00 e. The molecule has 0 aliphatic carbocycles. The van der Waals surface area contributed by atoms with Gasteiger partial charge in [-0.2, -0.15) is 0 Å². The number of carboxylic acid groups (broad SMARTS) is 1. The van der Waals surface area contributed by atoms with E-state index in [1.807, 2.05) is 17.0 Å². The molecule has 4 aliphatic rings. The summed E-state index contributed by atoms with van der Waals surface area (Å²) < 4.78 is 58.3. The van der Waals surface area contributed by atoms with Gasteiger partial charge in [0.1, 0.15) is 57.1 Å². The van der Waals surface area contributed by atoms with Gasteiger partial charge < -0.3 is 43.7 Å². The zero-order valence-electron chi connectivity index (χ0n) is 45.9. The molecule has 0 unspecified atom stereocenters. The number of carbonyl (C=O) groups is 2. The van der Waals surface area contributed by atoms with Gasteiger partial charge in [0.25, 0.3) is 0 Å². The van der Waals surface area contributed by atoms with E-state index in [0.717, 1.165) is 96.6 Å². The maximum atomic E-state index is 14.2. The van der Waals surface area contributed by atoms with Crippen molar-refractivity contribution < 1.29 is 71.6 Å². The molecule has 0 saturated carbocycles. The first-order valence-corrected chi connectivity index (χ1v) is 28.8. The molecule has 25 heteroatoms. The van der Waals surface area contributed by atoms with Crippen molar-refractivity contribution in [1.82, 2.24) is 29.9 Å². The molecule has 82 heavy (non-hydrogen) atoms. The van der Waals surface area contributed by atoms with Crippen molar-refractivity contribution in [3.8, 4) is 34.2 Å². The fourth-order valence-electron chi connectivity index (χ4n) is 9.93. The van der Waals surface area contributed by atoms with Crippen LogP contribution in [0.1, 0.15) is 78.1 Å². The fourth-order valence-corrected chi connectivity index (χ4v) is 10.7. The molecule has 0 N–H and O–H groups in total. The van der Waals surface area contributed by atoms with Crippen LogP contribution in [0.5, 0.6) is 0 Å². The average Bonchev–Trinajstić information content (AvgIpc) is 4.33. The molecule has 6 aromatic rings. The molecular weight excluding hydrogens is 1180 g/mol. The second-order valence-corrected chi connectivity index (χ2v) is 21.7. The van der Waals surface area contributed by atoms with Gasteiger partial charge in [0.2, 0.25) is 0 Å². The van der Waals surface area contributed by atoms with E-state index in [2.05, 4.69) is 38.6 Å². The number of methoxy groups -OCH3 is 1. The van der Waals surface area contributed by atoms with Crippen LogP contribution >= 0.6 is 58.0 Å². The molecule has 4 fully saturated rings. The minimum absolute atomic E-state index is 0. The summed E-state index contributed by atoms with van der Waals surface area (Å²) in [7, 11) is 1.40. The number of carboxylic acids is 1. The van der Waals surface area contributed by atoms with Crippen molar-refractivity contribution in [2.45, 2.75) is 102 Å². The van der Waals surface area contributed by atoms with Crippen LogP contribution in [-0.4, -0.2) is 126 Å². The summed E-state index contributed by atoms with van der Waals surface area (Å²) in [5.41, 5.74) is 1.49. The third kappa shape index (κ3) is 17.0. The van der Waals surface area contributed by atoms with E-state index < -0.39 is 29.5 Å². The molecule has 2 atom stereocenters. The molecule has 0 bridgehead atoms. The summed E-state index contributed by atoms with van der Waals surface area (Å²) >= 11 is 28.7. The van der Waals surface area contributed by atoms with E-state index in [4.69, 9.17) is 87.2 Å². The van der Waals surface area contributed by atoms with E-state index in [0.29, 0.717) is 71.7 Å². The number of esters is 1. The van der Waals surface area contributed by atoms with Crippen LogP contribution in [0.25, 0.3) is 34.2 Å². The molecule has 7 heterocycles. The number of nitrogens with zero attached hydrogens (tertiary/aromatic N) is 10. The Morgan fingerprint density at radius 3 is 1.26 bits per heavy atom. The molecule has 10 rings (SSSR count). The first-order valence-electron chi connectivity index (χ1n) is 26.9. The number of benzene rings is 3. The molecule has 4 saturated heterocycles. The Labute approximate surface area is 522 Å². The number of halogens is 8. The van der Waals surface area contributed by atoms with Gasteiger partial charge in [-0.25, -0.2) is 47.9 Å². The normalized spacial score (nSPS) is 17.4. The van der Waals surface area contributed by atoms with Crippen LogP contribution in [-0.2, 0) is 23.8 Å². The number of piperidine rings is 2. The number of carbonyl (C=O) groups excluding carboxylic acids is 2. The Morgan fingerprint density at radius 1 is 0.524 bits per heavy atom. The van der Waals surface area contributed by atoms with Gasteiger partial charge in [0.15, 0.2) is 17.5 Å². The number of hydrogen-bond donors (Lipinski definition) is 0. The van der Waals surface area contributed by atoms with Crippen molar-refractivity contribution in [3.63, 3.8) is 0 Å². The second-order valence-electron chi connectivity index (χ2n) is 19.7. The Balaban J connectivity index is 0.000000186. The maximum absolute atomic E-state index is 14.2. The second kappa shape index (κ2) is 30.8. The number of rotatable bonds is 15. The number of ether oxygens (including phenoxy) is 3. The number of aromatic nitrogens is 6. The minimum atomic E-state index is -1.12. The van der Waals surface area contributed by atoms with E-state index in [1.54, 1.807) is 23.1 Å². The van der Waals surface area contributed by atoms with Crippen LogP contribution in [0.15, 0.2) is 72.8 Å². The van der Waals surface area contributed by atoms with Crippen LogP contribution in [0.4, 0.5) is 36.4 Å². The Morgan fingerprint density at radius 2 is 0.890 bits per heavy atom. The third-order valence-corrected chi connectivity index (χ3v) is 15.4. The van der Waals surface area contributed by atoms with Gasteiger partial charge in [0.05, 0.1) is 46.4 Å². The SMILES string of the molecule is CCCOC1CCN(c2cc(N3CCC[C@@H]3C(=O)OC)nc(-c3ccc(Cl)c(F)c3)n2)CC1.CCCOC1CCN(c2cc(N3CCC[C@@H]3C(=O)[O-])nc(-c3ccc(Cl)c(F)c3)n2)CC1.Fc1cc(-c2nc(Cl)cc(Cl)n2)ccc1Cl.[Na+]. The van der Waals surface area contributed by atoms with Crippen molar-refractivity contribution in [3.05, 3.63) is 116 Å². The summed E-state index contributed by atoms with van der Waals surface area (Å²) in [5.74, 6) is 0.587. The summed E-state index contributed by atoms with van der Waals surface area (Å²) in [4.78, 5) is 58.7. The summed E-state index contributed by atoms with van der Waals surface area (Å²) in [6.45, 7) is 10.1. The summed E-state index contributed by atoms with van der Waals surface area (Å²) in [5, 5.41) is 12.2. The molecule has 0 spiro atoms. The molecular formula is C57H61Cl5F3N10NaO6. The number of anilines is 4. The quantitative estimate of drug-likeness (QED) is 0.0542. The molecule has 4 aliphatic heterocycles.